The summed E-state index contributed by atoms with van der Waals surface area (Å²) < 4.78 is 15.3. The van der Waals surface area contributed by atoms with Gasteiger partial charge in [-0.1, -0.05) is 6.07 Å². The number of rotatable bonds is 7. The van der Waals surface area contributed by atoms with Crippen molar-refractivity contribution in [3.8, 4) is 11.5 Å². The van der Waals surface area contributed by atoms with Crippen molar-refractivity contribution < 1.29 is 19.0 Å². The van der Waals surface area contributed by atoms with Gasteiger partial charge < -0.3 is 19.9 Å². The summed E-state index contributed by atoms with van der Waals surface area (Å²) in [4.78, 5) is 11.0. The molecule has 19 heavy (non-hydrogen) atoms. The van der Waals surface area contributed by atoms with Gasteiger partial charge in [0, 0.05) is 6.04 Å². The molecular formula is C14H21NO4. The predicted molar refractivity (Wildman–Crippen MR) is 72.5 cm³/mol. The Morgan fingerprint density at radius 3 is 2.63 bits per heavy atom. The predicted octanol–water partition coefficient (Wildman–Crippen LogP) is 1.53. The van der Waals surface area contributed by atoms with Crippen molar-refractivity contribution in [1.29, 1.82) is 0 Å². The first-order chi connectivity index (χ1) is 9.06. The molecule has 0 fully saturated rings. The second kappa shape index (κ2) is 7.63. The molecule has 1 unspecified atom stereocenters. The van der Waals surface area contributed by atoms with E-state index in [2.05, 4.69) is 4.74 Å². The molecule has 0 heterocycles. The summed E-state index contributed by atoms with van der Waals surface area (Å²) in [5.74, 6) is 0.954. The van der Waals surface area contributed by atoms with Gasteiger partial charge in [0.2, 0.25) is 0 Å². The lowest BCUT2D eigenvalue weighted by molar-refractivity contribution is -0.141. The largest absolute Gasteiger partial charge is 0.493 e. The van der Waals surface area contributed by atoms with E-state index in [4.69, 9.17) is 15.2 Å². The quantitative estimate of drug-likeness (QED) is 0.758. The van der Waals surface area contributed by atoms with Gasteiger partial charge in [-0.25, -0.2) is 0 Å². The van der Waals surface area contributed by atoms with Crippen molar-refractivity contribution in [1.82, 2.24) is 0 Å². The molecule has 0 aliphatic carbocycles. The fourth-order valence-corrected chi connectivity index (χ4v) is 1.68. The lowest BCUT2D eigenvalue weighted by atomic mass is 10.1. The SMILES string of the molecule is COC(=O)CCOc1ccc(CC(C)N)cc1OC. The highest BCUT2D eigenvalue weighted by Gasteiger charge is 2.08. The average molecular weight is 267 g/mol. The topological polar surface area (TPSA) is 70.8 Å². The fraction of sp³-hybridized carbons (Fsp3) is 0.500. The molecule has 0 bridgehead atoms. The molecular weight excluding hydrogens is 246 g/mol. The second-order valence-corrected chi connectivity index (χ2v) is 4.34. The Labute approximate surface area is 113 Å². The number of nitrogens with two attached hydrogens (primary N) is 1. The highest BCUT2D eigenvalue weighted by Crippen LogP contribution is 2.28. The average Bonchev–Trinajstić information content (AvgIpc) is 2.39. The summed E-state index contributed by atoms with van der Waals surface area (Å²) in [7, 11) is 2.93. The molecule has 5 nitrogen and oxygen atoms in total. The second-order valence-electron chi connectivity index (χ2n) is 4.34. The van der Waals surface area contributed by atoms with E-state index < -0.39 is 0 Å². The van der Waals surface area contributed by atoms with Gasteiger partial charge in [0.25, 0.3) is 0 Å². The maximum Gasteiger partial charge on any atom is 0.308 e. The van der Waals surface area contributed by atoms with Crippen LogP contribution < -0.4 is 15.2 Å². The molecule has 0 aliphatic heterocycles. The minimum absolute atomic E-state index is 0.0933. The zero-order chi connectivity index (χ0) is 14.3. The summed E-state index contributed by atoms with van der Waals surface area (Å²) in [6.45, 7) is 2.21. The van der Waals surface area contributed by atoms with Crippen LogP contribution in [0.2, 0.25) is 0 Å². The van der Waals surface area contributed by atoms with Crippen LogP contribution in [0, 0.1) is 0 Å². The first-order valence-corrected chi connectivity index (χ1v) is 6.19. The molecule has 0 spiro atoms. The molecule has 1 aromatic carbocycles. The van der Waals surface area contributed by atoms with Crippen molar-refractivity contribution in [2.75, 3.05) is 20.8 Å². The summed E-state index contributed by atoms with van der Waals surface area (Å²) in [5.41, 5.74) is 6.85. The summed E-state index contributed by atoms with van der Waals surface area (Å²) in [6, 6.07) is 5.76. The molecule has 0 radical (unpaired) electrons. The van der Waals surface area contributed by atoms with Gasteiger partial charge in [-0.15, -0.1) is 0 Å². The number of carbonyl (C=O) groups excluding carboxylic acids is 1. The molecule has 1 atom stereocenters. The van der Waals surface area contributed by atoms with Gasteiger partial charge in [0.05, 0.1) is 27.2 Å². The van der Waals surface area contributed by atoms with Crippen LogP contribution >= 0.6 is 0 Å². The van der Waals surface area contributed by atoms with E-state index in [1.54, 1.807) is 7.11 Å². The van der Waals surface area contributed by atoms with Gasteiger partial charge in [-0.05, 0) is 31.0 Å². The van der Waals surface area contributed by atoms with Crippen LogP contribution in [0.3, 0.4) is 0 Å². The number of methoxy groups -OCH3 is 2. The molecule has 1 rings (SSSR count). The first-order valence-electron chi connectivity index (χ1n) is 6.19. The third-order valence-corrected chi connectivity index (χ3v) is 2.58. The Morgan fingerprint density at radius 2 is 2.05 bits per heavy atom. The lowest BCUT2D eigenvalue weighted by Crippen LogP contribution is -2.17. The number of carbonyl (C=O) groups is 1. The van der Waals surface area contributed by atoms with Crippen LogP contribution in [0.25, 0.3) is 0 Å². The maximum atomic E-state index is 11.0. The van der Waals surface area contributed by atoms with Crippen molar-refractivity contribution in [2.24, 2.45) is 5.73 Å². The van der Waals surface area contributed by atoms with Crippen LogP contribution in [-0.2, 0) is 16.0 Å². The Balaban J connectivity index is 2.65. The van der Waals surface area contributed by atoms with E-state index in [0.717, 1.165) is 12.0 Å². The molecule has 0 aliphatic rings. The van der Waals surface area contributed by atoms with E-state index in [-0.39, 0.29) is 25.0 Å². The molecule has 106 valence electrons. The molecule has 2 N–H and O–H groups in total. The zero-order valence-electron chi connectivity index (χ0n) is 11.6. The minimum Gasteiger partial charge on any atom is -0.493 e. The maximum absolute atomic E-state index is 11.0. The minimum atomic E-state index is -0.299. The smallest absolute Gasteiger partial charge is 0.308 e. The van der Waals surface area contributed by atoms with E-state index in [1.165, 1.54) is 7.11 Å². The number of esters is 1. The van der Waals surface area contributed by atoms with Gasteiger partial charge in [-0.2, -0.15) is 0 Å². The highest BCUT2D eigenvalue weighted by atomic mass is 16.5. The highest BCUT2D eigenvalue weighted by molar-refractivity contribution is 5.69. The molecule has 0 saturated heterocycles. The van der Waals surface area contributed by atoms with Crippen LogP contribution in [0.4, 0.5) is 0 Å². The van der Waals surface area contributed by atoms with Crippen LogP contribution in [0.1, 0.15) is 18.9 Å². The zero-order valence-corrected chi connectivity index (χ0v) is 11.6. The fourth-order valence-electron chi connectivity index (χ4n) is 1.68. The summed E-state index contributed by atoms with van der Waals surface area (Å²) >= 11 is 0. The van der Waals surface area contributed by atoms with Crippen molar-refractivity contribution >= 4 is 5.97 Å². The van der Waals surface area contributed by atoms with Gasteiger partial charge in [-0.3, -0.25) is 4.79 Å². The Kier molecular flexibility index (Phi) is 6.15. The van der Waals surface area contributed by atoms with Crippen molar-refractivity contribution in [3.05, 3.63) is 23.8 Å². The summed E-state index contributed by atoms with van der Waals surface area (Å²) in [5, 5.41) is 0. The van der Waals surface area contributed by atoms with E-state index >= 15 is 0 Å². The third-order valence-electron chi connectivity index (χ3n) is 2.58. The van der Waals surface area contributed by atoms with E-state index in [9.17, 15) is 4.79 Å². The van der Waals surface area contributed by atoms with Crippen LogP contribution in [-0.4, -0.2) is 32.8 Å². The number of hydrogen-bond acceptors (Lipinski definition) is 5. The Morgan fingerprint density at radius 1 is 1.32 bits per heavy atom. The van der Waals surface area contributed by atoms with E-state index in [1.807, 2.05) is 25.1 Å². The van der Waals surface area contributed by atoms with Gasteiger partial charge in [0.15, 0.2) is 11.5 Å². The molecule has 0 aromatic heterocycles. The molecule has 5 heteroatoms. The first kappa shape index (κ1) is 15.3. The van der Waals surface area contributed by atoms with Crippen molar-refractivity contribution in [3.63, 3.8) is 0 Å². The standard InChI is InChI=1S/C14H21NO4/c1-10(15)8-11-4-5-12(13(9-11)17-2)19-7-6-14(16)18-3/h4-5,9-10H,6-8,15H2,1-3H3. The Hall–Kier alpha value is -1.75. The van der Waals surface area contributed by atoms with Crippen molar-refractivity contribution in [2.45, 2.75) is 25.8 Å². The number of ether oxygens (including phenoxy) is 3. The number of benzene rings is 1. The number of hydrogen-bond donors (Lipinski definition) is 1. The van der Waals surface area contributed by atoms with Crippen LogP contribution in [0.5, 0.6) is 11.5 Å². The normalized spacial score (nSPS) is 11.8. The van der Waals surface area contributed by atoms with Gasteiger partial charge >= 0.3 is 5.97 Å². The van der Waals surface area contributed by atoms with Crippen LogP contribution in [0.15, 0.2) is 18.2 Å². The van der Waals surface area contributed by atoms with Gasteiger partial charge in [0.1, 0.15) is 0 Å². The third kappa shape index (κ3) is 5.18. The molecule has 1 aromatic rings. The van der Waals surface area contributed by atoms with E-state index in [0.29, 0.717) is 11.5 Å². The monoisotopic (exact) mass is 267 g/mol. The Bertz CT molecular complexity index is 418. The molecule has 0 amide bonds. The summed E-state index contributed by atoms with van der Waals surface area (Å²) in [6.07, 6.45) is 0.986. The molecule has 0 saturated carbocycles. The lowest BCUT2D eigenvalue weighted by Gasteiger charge is -2.12.